The Morgan fingerprint density at radius 2 is 1.90 bits per heavy atom. The van der Waals surface area contributed by atoms with E-state index >= 15 is 0 Å². The second-order valence-electron chi connectivity index (χ2n) is 5.46. The van der Waals surface area contributed by atoms with Crippen LogP contribution in [0.15, 0.2) is 46.4 Å². The molecule has 0 saturated carbocycles. The van der Waals surface area contributed by atoms with Gasteiger partial charge >= 0.3 is 0 Å². The molecule has 0 radical (unpaired) electrons. The molecule has 20 heavy (non-hydrogen) atoms. The summed E-state index contributed by atoms with van der Waals surface area (Å²) in [5, 5.41) is 1.10. The molecule has 1 aromatic carbocycles. The minimum Gasteiger partial charge on any atom is -0.484 e. The number of benzene rings is 1. The van der Waals surface area contributed by atoms with E-state index in [1.807, 2.05) is 0 Å². The van der Waals surface area contributed by atoms with Crippen molar-refractivity contribution in [1.29, 1.82) is 0 Å². The number of unbranched alkanes of at least 4 members (excludes halogenated alkanes) is 4. The molecule has 1 aliphatic heterocycles. The molecule has 0 fully saturated rings. The molecule has 0 amide bonds. The standard InChI is InChI=1S/C18H26OS/c1-2-3-4-5-7-11-16-12-10-15-18(19-16)20-17-13-8-6-9-14-17/h6,8-9,13-16H,2-5,7,10-12H2,1H3. The van der Waals surface area contributed by atoms with E-state index in [0.717, 1.165) is 11.5 Å². The van der Waals surface area contributed by atoms with Gasteiger partial charge in [0.05, 0.1) is 6.10 Å². The Kier molecular flexibility index (Phi) is 7.07. The zero-order chi connectivity index (χ0) is 14.0. The summed E-state index contributed by atoms with van der Waals surface area (Å²) in [5.74, 6) is 0. The van der Waals surface area contributed by atoms with E-state index in [2.05, 4.69) is 43.3 Å². The first-order valence-electron chi connectivity index (χ1n) is 7.98. The fourth-order valence-electron chi connectivity index (χ4n) is 2.51. The highest BCUT2D eigenvalue weighted by atomic mass is 32.2. The lowest BCUT2D eigenvalue weighted by Gasteiger charge is -2.24. The van der Waals surface area contributed by atoms with Gasteiger partial charge in [0.1, 0.15) is 0 Å². The van der Waals surface area contributed by atoms with Gasteiger partial charge in [-0.25, -0.2) is 0 Å². The number of hydrogen-bond acceptors (Lipinski definition) is 2. The fourth-order valence-corrected chi connectivity index (χ4v) is 3.42. The second kappa shape index (κ2) is 9.12. The highest BCUT2D eigenvalue weighted by Gasteiger charge is 2.16. The number of hydrogen-bond donors (Lipinski definition) is 0. The van der Waals surface area contributed by atoms with E-state index < -0.39 is 0 Å². The maximum atomic E-state index is 6.12. The summed E-state index contributed by atoms with van der Waals surface area (Å²) in [6, 6.07) is 10.5. The molecule has 1 aromatic rings. The van der Waals surface area contributed by atoms with Crippen molar-refractivity contribution in [3.05, 3.63) is 41.5 Å². The molecule has 2 rings (SSSR count). The molecule has 1 aliphatic rings. The van der Waals surface area contributed by atoms with Crippen LogP contribution in [0.5, 0.6) is 0 Å². The Labute approximate surface area is 127 Å². The predicted octanol–water partition coefficient (Wildman–Crippen LogP) is 6.16. The predicted molar refractivity (Wildman–Crippen MR) is 87.9 cm³/mol. The molecule has 0 N–H and O–H groups in total. The van der Waals surface area contributed by atoms with Crippen molar-refractivity contribution in [3.8, 4) is 0 Å². The Morgan fingerprint density at radius 3 is 2.70 bits per heavy atom. The summed E-state index contributed by atoms with van der Waals surface area (Å²) >= 11 is 1.75. The van der Waals surface area contributed by atoms with Crippen LogP contribution in [0.2, 0.25) is 0 Å². The lowest BCUT2D eigenvalue weighted by Crippen LogP contribution is -2.15. The van der Waals surface area contributed by atoms with Crippen LogP contribution in [0.25, 0.3) is 0 Å². The van der Waals surface area contributed by atoms with E-state index in [1.165, 1.54) is 49.8 Å². The zero-order valence-electron chi connectivity index (χ0n) is 12.5. The molecule has 1 nitrogen and oxygen atoms in total. The first-order valence-corrected chi connectivity index (χ1v) is 8.80. The summed E-state index contributed by atoms with van der Waals surface area (Å²) in [6.45, 7) is 2.27. The van der Waals surface area contributed by atoms with E-state index in [0.29, 0.717) is 6.10 Å². The van der Waals surface area contributed by atoms with Gasteiger partial charge in [-0.05, 0) is 43.9 Å². The molecule has 1 atom stereocenters. The van der Waals surface area contributed by atoms with Crippen LogP contribution < -0.4 is 0 Å². The van der Waals surface area contributed by atoms with Crippen molar-refractivity contribution in [2.45, 2.75) is 69.3 Å². The van der Waals surface area contributed by atoms with Crippen LogP contribution in [0.4, 0.5) is 0 Å². The summed E-state index contributed by atoms with van der Waals surface area (Å²) in [5.41, 5.74) is 0. The molecule has 0 saturated heterocycles. The molecule has 1 heterocycles. The van der Waals surface area contributed by atoms with Gasteiger partial charge in [-0.15, -0.1) is 0 Å². The van der Waals surface area contributed by atoms with Crippen LogP contribution in [0, 0.1) is 0 Å². The molecule has 0 aromatic heterocycles. The van der Waals surface area contributed by atoms with E-state index in [4.69, 9.17) is 4.74 Å². The third-order valence-electron chi connectivity index (χ3n) is 3.67. The van der Waals surface area contributed by atoms with Crippen LogP contribution in [0.3, 0.4) is 0 Å². The fraction of sp³-hybridized carbons (Fsp3) is 0.556. The average molecular weight is 290 g/mol. The SMILES string of the molecule is CCCCCCCC1CCC=C(Sc2ccccc2)O1. The molecule has 0 aliphatic carbocycles. The molecule has 1 unspecified atom stereocenters. The van der Waals surface area contributed by atoms with Gasteiger partial charge in [-0.3, -0.25) is 0 Å². The molecule has 0 bridgehead atoms. The van der Waals surface area contributed by atoms with Crippen LogP contribution in [0.1, 0.15) is 58.3 Å². The second-order valence-corrected chi connectivity index (χ2v) is 6.54. The third-order valence-corrected chi connectivity index (χ3v) is 4.65. The minimum absolute atomic E-state index is 0.438. The van der Waals surface area contributed by atoms with Gasteiger partial charge in [-0.2, -0.15) is 0 Å². The lowest BCUT2D eigenvalue weighted by molar-refractivity contribution is 0.105. The Bertz CT molecular complexity index is 399. The van der Waals surface area contributed by atoms with Crippen molar-refractivity contribution < 1.29 is 4.74 Å². The summed E-state index contributed by atoms with van der Waals surface area (Å²) in [4.78, 5) is 1.27. The smallest absolute Gasteiger partial charge is 0.154 e. The van der Waals surface area contributed by atoms with Crippen LogP contribution >= 0.6 is 11.8 Å². The summed E-state index contributed by atoms with van der Waals surface area (Å²) < 4.78 is 6.12. The topological polar surface area (TPSA) is 9.23 Å². The molecule has 2 heteroatoms. The third kappa shape index (κ3) is 5.62. The van der Waals surface area contributed by atoms with Crippen molar-refractivity contribution in [2.75, 3.05) is 0 Å². The minimum atomic E-state index is 0.438. The first kappa shape index (κ1) is 15.5. The van der Waals surface area contributed by atoms with Crippen molar-refractivity contribution >= 4 is 11.8 Å². The van der Waals surface area contributed by atoms with E-state index in [9.17, 15) is 0 Å². The number of ether oxygens (including phenoxy) is 1. The van der Waals surface area contributed by atoms with E-state index in [1.54, 1.807) is 11.8 Å². The maximum absolute atomic E-state index is 6.12. The highest BCUT2D eigenvalue weighted by Crippen LogP contribution is 2.33. The Morgan fingerprint density at radius 1 is 1.10 bits per heavy atom. The molecule has 110 valence electrons. The Hall–Kier alpha value is -0.890. The number of thioether (sulfide) groups is 1. The van der Waals surface area contributed by atoms with Crippen molar-refractivity contribution in [2.24, 2.45) is 0 Å². The summed E-state index contributed by atoms with van der Waals surface area (Å²) in [7, 11) is 0. The Balaban J connectivity index is 1.70. The average Bonchev–Trinajstić information content (AvgIpc) is 2.48. The zero-order valence-corrected chi connectivity index (χ0v) is 13.3. The number of rotatable bonds is 8. The monoisotopic (exact) mass is 290 g/mol. The summed E-state index contributed by atoms with van der Waals surface area (Å²) in [6.07, 6.45) is 13.0. The van der Waals surface area contributed by atoms with Gasteiger partial charge in [-0.1, -0.05) is 62.6 Å². The largest absolute Gasteiger partial charge is 0.484 e. The molecular weight excluding hydrogens is 264 g/mol. The van der Waals surface area contributed by atoms with Gasteiger partial charge < -0.3 is 4.74 Å². The normalized spacial score (nSPS) is 18.4. The first-order chi connectivity index (χ1) is 9.88. The maximum Gasteiger partial charge on any atom is 0.154 e. The lowest BCUT2D eigenvalue weighted by atomic mass is 10.0. The quantitative estimate of drug-likeness (QED) is 0.530. The van der Waals surface area contributed by atoms with Gasteiger partial charge in [0.25, 0.3) is 0 Å². The molecular formula is C18H26OS. The van der Waals surface area contributed by atoms with Gasteiger partial charge in [0, 0.05) is 4.90 Å². The van der Waals surface area contributed by atoms with E-state index in [-0.39, 0.29) is 0 Å². The van der Waals surface area contributed by atoms with Gasteiger partial charge in [0.15, 0.2) is 5.09 Å². The van der Waals surface area contributed by atoms with Crippen molar-refractivity contribution in [1.82, 2.24) is 0 Å². The van der Waals surface area contributed by atoms with Crippen molar-refractivity contribution in [3.63, 3.8) is 0 Å². The highest BCUT2D eigenvalue weighted by molar-refractivity contribution is 8.02. The van der Waals surface area contributed by atoms with Crippen LogP contribution in [-0.4, -0.2) is 6.10 Å². The molecule has 0 spiro atoms. The van der Waals surface area contributed by atoms with Crippen LogP contribution in [-0.2, 0) is 4.74 Å². The number of allylic oxidation sites excluding steroid dienone is 1. The van der Waals surface area contributed by atoms with Gasteiger partial charge in [0.2, 0.25) is 0 Å².